The van der Waals surface area contributed by atoms with Gasteiger partial charge < -0.3 is 5.32 Å². The van der Waals surface area contributed by atoms with Crippen LogP contribution in [0.15, 0.2) is 30.6 Å². The smallest absolute Gasteiger partial charge is 0.0709 e. The van der Waals surface area contributed by atoms with Crippen molar-refractivity contribution < 1.29 is 0 Å². The molecule has 1 N–H and O–H groups in total. The third-order valence-electron chi connectivity index (χ3n) is 3.05. The van der Waals surface area contributed by atoms with Crippen molar-refractivity contribution in [1.82, 2.24) is 14.9 Å². The standard InChI is InChI=1S/C15H19N3/c1-3-5-8-14(16-10-4-2)13-12-17-18-11-7-6-9-15(13)18/h1,6-7,9,11-12,14,16H,4-5,8,10H2,2H3. The van der Waals surface area contributed by atoms with Gasteiger partial charge in [-0.15, -0.1) is 12.3 Å². The minimum Gasteiger partial charge on any atom is -0.310 e. The van der Waals surface area contributed by atoms with Gasteiger partial charge in [0.25, 0.3) is 0 Å². The molecule has 3 heteroatoms. The van der Waals surface area contributed by atoms with Gasteiger partial charge in [-0.3, -0.25) is 0 Å². The number of terminal acetylenes is 1. The van der Waals surface area contributed by atoms with E-state index in [1.807, 2.05) is 29.0 Å². The van der Waals surface area contributed by atoms with Gasteiger partial charge in [-0.1, -0.05) is 13.0 Å². The van der Waals surface area contributed by atoms with E-state index in [2.05, 4.69) is 29.3 Å². The topological polar surface area (TPSA) is 29.3 Å². The highest BCUT2D eigenvalue weighted by Crippen LogP contribution is 2.22. The second-order valence-corrected chi connectivity index (χ2v) is 4.38. The Morgan fingerprint density at radius 3 is 3.17 bits per heavy atom. The molecule has 2 aromatic rings. The average molecular weight is 241 g/mol. The highest BCUT2D eigenvalue weighted by Gasteiger charge is 2.14. The van der Waals surface area contributed by atoms with Crippen molar-refractivity contribution in [2.75, 3.05) is 6.54 Å². The Bertz CT molecular complexity index is 536. The van der Waals surface area contributed by atoms with E-state index in [1.54, 1.807) is 0 Å². The summed E-state index contributed by atoms with van der Waals surface area (Å²) in [7, 11) is 0. The predicted molar refractivity (Wildman–Crippen MR) is 74.3 cm³/mol. The fourth-order valence-corrected chi connectivity index (χ4v) is 2.14. The lowest BCUT2D eigenvalue weighted by molar-refractivity contribution is 0.508. The van der Waals surface area contributed by atoms with Gasteiger partial charge in [0.05, 0.1) is 11.7 Å². The van der Waals surface area contributed by atoms with Crippen LogP contribution in [0.4, 0.5) is 0 Å². The number of fused-ring (bicyclic) bond motifs is 1. The van der Waals surface area contributed by atoms with Crippen molar-refractivity contribution in [3.63, 3.8) is 0 Å². The summed E-state index contributed by atoms with van der Waals surface area (Å²) in [4.78, 5) is 0. The molecule has 3 nitrogen and oxygen atoms in total. The van der Waals surface area contributed by atoms with Crippen LogP contribution in [0.2, 0.25) is 0 Å². The molecule has 0 saturated carbocycles. The summed E-state index contributed by atoms with van der Waals surface area (Å²) in [5.74, 6) is 2.72. The number of hydrogen-bond donors (Lipinski definition) is 1. The maximum Gasteiger partial charge on any atom is 0.0709 e. The fraction of sp³-hybridized carbons (Fsp3) is 0.400. The largest absolute Gasteiger partial charge is 0.310 e. The zero-order valence-corrected chi connectivity index (χ0v) is 10.8. The first kappa shape index (κ1) is 12.7. The third kappa shape index (κ3) is 2.72. The lowest BCUT2D eigenvalue weighted by atomic mass is 10.0. The predicted octanol–water partition coefficient (Wildman–Crippen LogP) is 2.79. The lowest BCUT2D eigenvalue weighted by Crippen LogP contribution is -2.21. The Morgan fingerprint density at radius 2 is 2.39 bits per heavy atom. The Hall–Kier alpha value is -1.79. The highest BCUT2D eigenvalue weighted by molar-refractivity contribution is 5.54. The van der Waals surface area contributed by atoms with Crippen LogP contribution in [0, 0.1) is 12.3 Å². The van der Waals surface area contributed by atoms with Crippen LogP contribution in [0.3, 0.4) is 0 Å². The molecule has 94 valence electrons. The molecule has 1 atom stereocenters. The average Bonchev–Trinajstić information content (AvgIpc) is 2.83. The fourth-order valence-electron chi connectivity index (χ4n) is 2.14. The zero-order chi connectivity index (χ0) is 12.8. The maximum atomic E-state index is 5.37. The second-order valence-electron chi connectivity index (χ2n) is 4.38. The molecule has 0 aliphatic carbocycles. The van der Waals surface area contributed by atoms with E-state index in [4.69, 9.17) is 6.42 Å². The van der Waals surface area contributed by atoms with Crippen LogP contribution < -0.4 is 5.32 Å². The quantitative estimate of drug-likeness (QED) is 0.788. The first-order valence-electron chi connectivity index (χ1n) is 6.46. The molecule has 0 aliphatic rings. The van der Waals surface area contributed by atoms with Crippen molar-refractivity contribution in [3.8, 4) is 12.3 Å². The normalized spacial score (nSPS) is 12.4. The molecule has 0 aliphatic heterocycles. The molecule has 1 unspecified atom stereocenters. The van der Waals surface area contributed by atoms with Crippen molar-refractivity contribution in [3.05, 3.63) is 36.2 Å². The molecule has 0 aromatic carbocycles. The first-order valence-corrected chi connectivity index (χ1v) is 6.46. The van der Waals surface area contributed by atoms with E-state index in [-0.39, 0.29) is 0 Å². The van der Waals surface area contributed by atoms with Crippen LogP contribution in [-0.4, -0.2) is 16.2 Å². The first-order chi connectivity index (χ1) is 8.86. The Kier molecular flexibility index (Phi) is 4.38. The van der Waals surface area contributed by atoms with Gasteiger partial charge in [0, 0.05) is 24.2 Å². The monoisotopic (exact) mass is 241 g/mol. The number of nitrogens with zero attached hydrogens (tertiary/aromatic N) is 2. The highest BCUT2D eigenvalue weighted by atomic mass is 15.2. The summed E-state index contributed by atoms with van der Waals surface area (Å²) in [5.41, 5.74) is 2.39. The Labute approximate surface area is 108 Å². The van der Waals surface area contributed by atoms with E-state index in [0.29, 0.717) is 6.04 Å². The molecule has 2 heterocycles. The van der Waals surface area contributed by atoms with Gasteiger partial charge in [-0.2, -0.15) is 5.10 Å². The van der Waals surface area contributed by atoms with Crippen LogP contribution in [0.25, 0.3) is 5.52 Å². The molecule has 0 radical (unpaired) electrons. The van der Waals surface area contributed by atoms with Crippen molar-refractivity contribution in [2.45, 2.75) is 32.2 Å². The molecule has 18 heavy (non-hydrogen) atoms. The van der Waals surface area contributed by atoms with Crippen molar-refractivity contribution in [1.29, 1.82) is 0 Å². The minimum absolute atomic E-state index is 0.293. The summed E-state index contributed by atoms with van der Waals surface area (Å²) in [6.45, 7) is 3.17. The Morgan fingerprint density at radius 1 is 1.50 bits per heavy atom. The van der Waals surface area contributed by atoms with Gasteiger partial charge in [-0.05, 0) is 31.5 Å². The third-order valence-corrected chi connectivity index (χ3v) is 3.05. The van der Waals surface area contributed by atoms with Gasteiger partial charge in [0.2, 0.25) is 0 Å². The number of hydrogen-bond acceptors (Lipinski definition) is 2. The summed E-state index contributed by atoms with van der Waals surface area (Å²) in [6.07, 6.45) is 12.1. The van der Waals surface area contributed by atoms with Gasteiger partial charge >= 0.3 is 0 Å². The van der Waals surface area contributed by atoms with Crippen LogP contribution in [-0.2, 0) is 0 Å². The summed E-state index contributed by atoms with van der Waals surface area (Å²) in [5, 5.41) is 7.93. The molecular formula is C15H19N3. The molecule has 2 rings (SSSR count). The minimum atomic E-state index is 0.293. The van der Waals surface area contributed by atoms with E-state index >= 15 is 0 Å². The molecule has 0 saturated heterocycles. The van der Waals surface area contributed by atoms with Crippen molar-refractivity contribution in [2.24, 2.45) is 0 Å². The van der Waals surface area contributed by atoms with E-state index < -0.39 is 0 Å². The van der Waals surface area contributed by atoms with E-state index in [1.165, 1.54) is 5.56 Å². The molecule has 0 amide bonds. The molecule has 0 spiro atoms. The number of nitrogens with one attached hydrogen (secondary N) is 1. The van der Waals surface area contributed by atoms with Crippen molar-refractivity contribution >= 4 is 5.52 Å². The van der Waals surface area contributed by atoms with Crippen LogP contribution >= 0.6 is 0 Å². The van der Waals surface area contributed by atoms with E-state index in [0.717, 1.165) is 31.3 Å². The maximum absolute atomic E-state index is 5.37. The number of rotatable bonds is 6. The molecule has 0 bridgehead atoms. The van der Waals surface area contributed by atoms with Crippen LogP contribution in [0.5, 0.6) is 0 Å². The number of pyridine rings is 1. The zero-order valence-electron chi connectivity index (χ0n) is 10.8. The summed E-state index contributed by atoms with van der Waals surface area (Å²) in [6, 6.07) is 6.41. The molecule has 0 fully saturated rings. The van der Waals surface area contributed by atoms with Gasteiger partial charge in [-0.25, -0.2) is 4.52 Å². The number of aromatic nitrogens is 2. The lowest BCUT2D eigenvalue weighted by Gasteiger charge is -2.16. The summed E-state index contributed by atoms with van der Waals surface area (Å²) < 4.78 is 1.91. The molecule has 2 aromatic heterocycles. The van der Waals surface area contributed by atoms with Gasteiger partial charge in [0.15, 0.2) is 0 Å². The van der Waals surface area contributed by atoms with Gasteiger partial charge in [0.1, 0.15) is 0 Å². The SMILES string of the molecule is C#CCCC(NCCC)c1cnn2ccccc12. The van der Waals surface area contributed by atoms with Crippen LogP contribution in [0.1, 0.15) is 37.8 Å². The molecular weight excluding hydrogens is 222 g/mol. The van der Waals surface area contributed by atoms with E-state index in [9.17, 15) is 0 Å². The summed E-state index contributed by atoms with van der Waals surface area (Å²) >= 11 is 0. The second kappa shape index (κ2) is 6.23. The Balaban J connectivity index is 2.26.